The van der Waals surface area contributed by atoms with Crippen LogP contribution < -0.4 is 5.73 Å². The van der Waals surface area contributed by atoms with Crippen molar-refractivity contribution in [3.05, 3.63) is 42.1 Å². The van der Waals surface area contributed by atoms with Gasteiger partial charge in [-0.1, -0.05) is 38.1 Å². The number of hydrogen-bond acceptors (Lipinski definition) is 3. The molecule has 2 N–H and O–H groups in total. The number of hydrogen-bond donors (Lipinski definition) is 1. The summed E-state index contributed by atoms with van der Waals surface area (Å²) in [5, 5.41) is 1.15. The van der Waals surface area contributed by atoms with Crippen molar-refractivity contribution >= 4 is 10.9 Å². The van der Waals surface area contributed by atoms with Gasteiger partial charge in [0.2, 0.25) is 0 Å². The quantitative estimate of drug-likeness (QED) is 0.865. The van der Waals surface area contributed by atoms with Gasteiger partial charge in [-0.05, 0) is 18.9 Å². The molecule has 0 unspecified atom stereocenters. The summed E-state index contributed by atoms with van der Waals surface area (Å²) in [6, 6.07) is 10.2. The van der Waals surface area contributed by atoms with Gasteiger partial charge in [0.25, 0.3) is 0 Å². The maximum Gasteiger partial charge on any atom is 0.0803 e. The highest BCUT2D eigenvalue weighted by atomic mass is 16.5. The number of aromatic nitrogens is 1. The van der Waals surface area contributed by atoms with Crippen LogP contribution in [-0.2, 0) is 11.3 Å². The van der Waals surface area contributed by atoms with Gasteiger partial charge < -0.3 is 10.5 Å². The van der Waals surface area contributed by atoms with Crippen LogP contribution >= 0.6 is 0 Å². The van der Waals surface area contributed by atoms with Crippen LogP contribution in [0.5, 0.6) is 0 Å². The fourth-order valence-electron chi connectivity index (χ4n) is 2.32. The van der Waals surface area contributed by atoms with Gasteiger partial charge in [0.15, 0.2) is 0 Å². The van der Waals surface area contributed by atoms with E-state index in [2.05, 4.69) is 37.0 Å². The monoisotopic (exact) mass is 258 g/mol. The van der Waals surface area contributed by atoms with Crippen molar-refractivity contribution in [2.75, 3.05) is 6.54 Å². The molecule has 0 fully saturated rings. The predicted octanol–water partition coefficient (Wildman–Crippen LogP) is 3.27. The summed E-state index contributed by atoms with van der Waals surface area (Å²) in [6.07, 6.45) is 3.68. The number of para-hydroxylation sites is 1. The van der Waals surface area contributed by atoms with Crippen LogP contribution in [0.2, 0.25) is 0 Å². The molecule has 0 spiro atoms. The third kappa shape index (κ3) is 2.94. The summed E-state index contributed by atoms with van der Waals surface area (Å²) in [7, 11) is 0. The van der Waals surface area contributed by atoms with E-state index in [4.69, 9.17) is 10.5 Å². The Balaban J connectivity index is 2.22. The second kappa shape index (κ2) is 6.13. The van der Waals surface area contributed by atoms with Crippen LogP contribution in [0.4, 0.5) is 0 Å². The molecule has 3 heteroatoms. The minimum Gasteiger partial charge on any atom is -0.369 e. The average Bonchev–Trinajstić information content (AvgIpc) is 2.49. The van der Waals surface area contributed by atoms with Gasteiger partial charge in [-0.25, -0.2) is 0 Å². The van der Waals surface area contributed by atoms with Crippen molar-refractivity contribution < 1.29 is 4.74 Å². The first-order valence-corrected chi connectivity index (χ1v) is 6.91. The molecular weight excluding hydrogens is 236 g/mol. The van der Waals surface area contributed by atoms with E-state index in [9.17, 15) is 0 Å². The molecule has 0 aliphatic heterocycles. The zero-order chi connectivity index (χ0) is 13.7. The average molecular weight is 258 g/mol. The van der Waals surface area contributed by atoms with Crippen LogP contribution in [0, 0.1) is 0 Å². The molecule has 2 aromatic rings. The van der Waals surface area contributed by atoms with Crippen molar-refractivity contribution in [2.45, 2.75) is 38.9 Å². The predicted molar refractivity (Wildman–Crippen MR) is 78.9 cm³/mol. The molecule has 3 nitrogen and oxygen atoms in total. The molecule has 19 heavy (non-hydrogen) atoms. The van der Waals surface area contributed by atoms with Crippen LogP contribution in [0.15, 0.2) is 36.5 Å². The zero-order valence-electron chi connectivity index (χ0n) is 11.7. The second-order valence-electron chi connectivity index (χ2n) is 4.88. The van der Waals surface area contributed by atoms with Crippen molar-refractivity contribution in [1.82, 2.24) is 4.98 Å². The van der Waals surface area contributed by atoms with Crippen molar-refractivity contribution in [3.63, 3.8) is 0 Å². The highest BCUT2D eigenvalue weighted by Gasteiger charge is 2.25. The molecule has 1 aromatic heterocycles. The maximum absolute atomic E-state index is 6.11. The number of rotatable bonds is 6. The standard InChI is InChI=1S/C16H22N2O/c1-3-16(4-2,12-17)19-11-14-8-5-7-13-9-6-10-18-15(13)14/h5-10H,3-4,11-12,17H2,1-2H3. The van der Waals surface area contributed by atoms with E-state index in [1.807, 2.05) is 18.3 Å². The maximum atomic E-state index is 6.11. The lowest BCUT2D eigenvalue weighted by Crippen LogP contribution is -2.39. The number of pyridine rings is 1. The number of ether oxygens (including phenoxy) is 1. The Morgan fingerprint density at radius 1 is 1.16 bits per heavy atom. The molecule has 0 radical (unpaired) electrons. The molecule has 0 saturated heterocycles. The van der Waals surface area contributed by atoms with Gasteiger partial charge in [0.05, 0.1) is 17.7 Å². The van der Waals surface area contributed by atoms with Gasteiger partial charge >= 0.3 is 0 Å². The van der Waals surface area contributed by atoms with Crippen molar-refractivity contribution in [1.29, 1.82) is 0 Å². The largest absolute Gasteiger partial charge is 0.369 e. The lowest BCUT2D eigenvalue weighted by Gasteiger charge is -2.30. The molecule has 0 aliphatic rings. The number of nitrogens with zero attached hydrogens (tertiary/aromatic N) is 1. The Kier molecular flexibility index (Phi) is 4.51. The minimum atomic E-state index is -0.211. The van der Waals surface area contributed by atoms with Crippen molar-refractivity contribution in [3.8, 4) is 0 Å². The Morgan fingerprint density at radius 2 is 1.89 bits per heavy atom. The summed E-state index contributed by atoms with van der Waals surface area (Å²) >= 11 is 0. The first-order valence-electron chi connectivity index (χ1n) is 6.91. The van der Waals surface area contributed by atoms with Crippen LogP contribution in [0.25, 0.3) is 10.9 Å². The fourth-order valence-corrected chi connectivity index (χ4v) is 2.32. The van der Waals surface area contributed by atoms with Gasteiger partial charge in [0.1, 0.15) is 0 Å². The van der Waals surface area contributed by atoms with Crippen LogP contribution in [-0.4, -0.2) is 17.1 Å². The van der Waals surface area contributed by atoms with E-state index >= 15 is 0 Å². The molecule has 1 heterocycles. The van der Waals surface area contributed by atoms with Crippen molar-refractivity contribution in [2.24, 2.45) is 5.73 Å². The smallest absolute Gasteiger partial charge is 0.0803 e. The molecule has 0 amide bonds. The normalized spacial score (nSPS) is 11.9. The molecule has 0 aliphatic carbocycles. The topological polar surface area (TPSA) is 48.1 Å². The third-order valence-electron chi connectivity index (χ3n) is 3.91. The zero-order valence-corrected chi connectivity index (χ0v) is 11.7. The van der Waals surface area contributed by atoms with Gasteiger partial charge in [-0.3, -0.25) is 4.98 Å². The highest BCUT2D eigenvalue weighted by Crippen LogP contribution is 2.23. The number of benzene rings is 1. The highest BCUT2D eigenvalue weighted by molar-refractivity contribution is 5.81. The Labute approximate surface area is 114 Å². The Bertz CT molecular complexity index is 522. The summed E-state index contributed by atoms with van der Waals surface area (Å²) in [4.78, 5) is 4.45. The Morgan fingerprint density at radius 3 is 2.58 bits per heavy atom. The SMILES string of the molecule is CCC(CC)(CN)OCc1cccc2cccnc12. The Hall–Kier alpha value is -1.45. The molecule has 0 saturated carbocycles. The molecule has 1 aromatic carbocycles. The van der Waals surface area contributed by atoms with Gasteiger partial charge in [-0.15, -0.1) is 0 Å². The summed E-state index contributed by atoms with van der Waals surface area (Å²) in [5.74, 6) is 0. The first kappa shape index (κ1) is 14.0. The van der Waals surface area contributed by atoms with E-state index < -0.39 is 0 Å². The molecule has 0 atom stereocenters. The fraction of sp³-hybridized carbons (Fsp3) is 0.438. The lowest BCUT2D eigenvalue weighted by atomic mass is 9.97. The van der Waals surface area contributed by atoms with Gasteiger partial charge in [0, 0.05) is 23.7 Å². The van der Waals surface area contributed by atoms with E-state index in [0.29, 0.717) is 13.2 Å². The summed E-state index contributed by atoms with van der Waals surface area (Å²) in [5.41, 5.74) is 7.79. The van der Waals surface area contributed by atoms with Crippen LogP contribution in [0.3, 0.4) is 0 Å². The van der Waals surface area contributed by atoms with E-state index in [1.54, 1.807) is 0 Å². The minimum absolute atomic E-state index is 0.211. The summed E-state index contributed by atoms with van der Waals surface area (Å²) < 4.78 is 6.11. The van der Waals surface area contributed by atoms with Crippen LogP contribution in [0.1, 0.15) is 32.3 Å². The van der Waals surface area contributed by atoms with Gasteiger partial charge in [-0.2, -0.15) is 0 Å². The molecule has 102 valence electrons. The third-order valence-corrected chi connectivity index (χ3v) is 3.91. The van der Waals surface area contributed by atoms with E-state index in [-0.39, 0.29) is 5.60 Å². The molecule has 2 rings (SSSR count). The van der Waals surface area contributed by atoms with E-state index in [0.717, 1.165) is 29.3 Å². The first-order chi connectivity index (χ1) is 9.24. The lowest BCUT2D eigenvalue weighted by molar-refractivity contribution is -0.0549. The second-order valence-corrected chi connectivity index (χ2v) is 4.88. The summed E-state index contributed by atoms with van der Waals surface area (Å²) in [6.45, 7) is 5.36. The number of fused-ring (bicyclic) bond motifs is 1. The molecular formula is C16H22N2O. The molecule has 0 bridgehead atoms. The van der Waals surface area contributed by atoms with E-state index in [1.165, 1.54) is 0 Å². The number of nitrogens with two attached hydrogens (primary N) is 1.